The molecule has 25 nitrogen and oxygen atoms in total. The number of nitrogens with two attached hydrogens (primary N) is 5. The lowest BCUT2D eigenvalue weighted by Crippen LogP contribution is -2.60. The zero-order valence-corrected chi connectivity index (χ0v) is 32.5. The van der Waals surface area contributed by atoms with Gasteiger partial charge in [0.25, 0.3) is 0 Å². The zero-order chi connectivity index (χ0) is 44.5. The zero-order valence-electron chi connectivity index (χ0n) is 32.5. The molecule has 0 aromatic rings. The first-order valence-corrected chi connectivity index (χ1v) is 18.3. The Balaban J connectivity index is 6.32. The summed E-state index contributed by atoms with van der Waals surface area (Å²) in [5.41, 5.74) is 27.3. The maximum atomic E-state index is 13.6. The number of hydrogen-bond acceptors (Lipinski definition) is 13. The van der Waals surface area contributed by atoms with Gasteiger partial charge < -0.3 is 75.9 Å². The minimum atomic E-state index is -1.90. The number of carbonyl (C=O) groups is 10. The smallest absolute Gasteiger partial charge is 0.322 e. The van der Waals surface area contributed by atoms with Gasteiger partial charge in [0.1, 0.15) is 36.8 Å². The highest BCUT2D eigenvalue weighted by atomic mass is 16.4. The van der Waals surface area contributed by atoms with E-state index in [1.165, 1.54) is 0 Å². The molecule has 0 aromatic heterocycles. The number of rotatable bonds is 30. The Hall–Kier alpha value is -6.11. The van der Waals surface area contributed by atoms with Crippen molar-refractivity contribution in [1.82, 2.24) is 31.9 Å². The van der Waals surface area contributed by atoms with Gasteiger partial charge in [0.2, 0.25) is 41.4 Å². The fraction of sp³-hybridized carbons (Fsp3) is 0.667. The maximum absolute atomic E-state index is 13.6. The second kappa shape index (κ2) is 27.5. The van der Waals surface area contributed by atoms with Crippen LogP contribution in [0.2, 0.25) is 0 Å². The molecule has 6 atom stereocenters. The Morgan fingerprint density at radius 1 is 0.569 bits per heavy atom. The predicted octanol–water partition coefficient (Wildman–Crippen LogP) is -5.62. The van der Waals surface area contributed by atoms with E-state index in [0.29, 0.717) is 6.42 Å². The minimum Gasteiger partial charge on any atom is -0.481 e. The lowest BCUT2D eigenvalue weighted by molar-refractivity contribution is -0.142. The molecule has 0 unspecified atom stereocenters. The molecule has 0 saturated carbocycles. The maximum Gasteiger partial charge on any atom is 0.322 e. The number of aliphatic carboxylic acids is 3. The number of nitrogens with one attached hydrogen (secondary N) is 6. The third-order valence-electron chi connectivity index (χ3n) is 7.97. The van der Waals surface area contributed by atoms with E-state index in [1.807, 2.05) is 0 Å². The standard InChI is InChI=1S/C33H58N12O13/c1-16(2)12-20(30(56)42-18(7-5-11-39-33(37)38)28(54)40-15-26(51)52)43-31(57)21(13-23(36)46)44-32(58)22(14-25(49)50)45-29(55)19(6-3-4-10-34)41-27(53)17(35)8-9-24(47)48/h16-22H,3-15,34-35H2,1-2H3,(H2,36,46)(H,40,54)(H,41,53)(H,42,56)(H,43,57)(H,44,58)(H,45,55)(H,47,48)(H,49,50)(H,51,52)(H4,37,38,39)/t17-,18-,19-,20-,21-,22-/m0/s1. The van der Waals surface area contributed by atoms with Crippen LogP contribution in [0.1, 0.15) is 78.1 Å². The Bertz CT molecular complexity index is 1490. The van der Waals surface area contributed by atoms with E-state index in [1.54, 1.807) is 13.8 Å². The van der Waals surface area contributed by atoms with Crippen molar-refractivity contribution in [3.63, 3.8) is 0 Å². The van der Waals surface area contributed by atoms with E-state index >= 15 is 0 Å². The van der Waals surface area contributed by atoms with E-state index in [-0.39, 0.29) is 63.5 Å². The number of carbonyl (C=O) groups excluding carboxylic acids is 7. The second-order valence-corrected chi connectivity index (χ2v) is 13.6. The molecule has 7 amide bonds. The Labute approximate surface area is 333 Å². The molecule has 0 aromatic carbocycles. The van der Waals surface area contributed by atoms with Gasteiger partial charge in [0.15, 0.2) is 5.96 Å². The molecular formula is C33H58N12O13. The monoisotopic (exact) mass is 830 g/mol. The largest absolute Gasteiger partial charge is 0.481 e. The van der Waals surface area contributed by atoms with Crippen molar-refractivity contribution in [2.75, 3.05) is 19.6 Å². The van der Waals surface area contributed by atoms with Crippen LogP contribution in [-0.4, -0.2) is 136 Å². The van der Waals surface area contributed by atoms with Crippen molar-refractivity contribution in [3.8, 4) is 0 Å². The van der Waals surface area contributed by atoms with Crippen LogP contribution in [0.15, 0.2) is 4.99 Å². The molecule has 0 heterocycles. The van der Waals surface area contributed by atoms with Crippen LogP contribution < -0.4 is 60.6 Å². The molecule has 0 saturated heterocycles. The molecular weight excluding hydrogens is 772 g/mol. The molecule has 0 spiro atoms. The van der Waals surface area contributed by atoms with Gasteiger partial charge in [-0.05, 0) is 57.4 Å². The molecule has 0 aliphatic heterocycles. The van der Waals surface area contributed by atoms with Gasteiger partial charge in [-0.25, -0.2) is 0 Å². The van der Waals surface area contributed by atoms with Crippen LogP contribution in [-0.2, 0) is 47.9 Å². The normalized spacial score (nSPS) is 13.9. The van der Waals surface area contributed by atoms with Gasteiger partial charge in [0.05, 0.1) is 18.9 Å². The van der Waals surface area contributed by atoms with Gasteiger partial charge in [-0.2, -0.15) is 0 Å². The van der Waals surface area contributed by atoms with E-state index in [0.717, 1.165) is 0 Å². The summed E-state index contributed by atoms with van der Waals surface area (Å²) in [6, 6.07) is -9.19. The Morgan fingerprint density at radius 2 is 1.05 bits per heavy atom. The van der Waals surface area contributed by atoms with Gasteiger partial charge in [0, 0.05) is 13.0 Å². The van der Waals surface area contributed by atoms with Crippen LogP contribution >= 0.6 is 0 Å². The third-order valence-corrected chi connectivity index (χ3v) is 7.97. The minimum absolute atomic E-state index is 0.0494. The quantitative estimate of drug-likeness (QED) is 0.0182. The van der Waals surface area contributed by atoms with Crippen molar-refractivity contribution in [2.45, 2.75) is 114 Å². The molecule has 0 fully saturated rings. The van der Waals surface area contributed by atoms with Crippen LogP contribution in [0.3, 0.4) is 0 Å². The average molecular weight is 831 g/mol. The van der Waals surface area contributed by atoms with Crippen LogP contribution in [0, 0.1) is 5.92 Å². The van der Waals surface area contributed by atoms with Crippen molar-refractivity contribution in [1.29, 1.82) is 0 Å². The summed E-state index contributed by atoms with van der Waals surface area (Å²) >= 11 is 0. The van der Waals surface area contributed by atoms with Crippen molar-refractivity contribution < 1.29 is 63.3 Å². The number of amides is 7. The number of nitrogens with zero attached hydrogens (tertiary/aromatic N) is 1. The SMILES string of the molecule is CC(C)C[C@H](NC(=O)[C@H](CC(N)=O)NC(=O)[C@H](CC(=O)O)NC(=O)[C@H](CCCCN)NC(=O)[C@@H](N)CCC(=O)O)C(=O)N[C@@H](CCCN=C(N)N)C(=O)NCC(=O)O. The number of primary amides is 1. The Morgan fingerprint density at radius 3 is 1.55 bits per heavy atom. The van der Waals surface area contributed by atoms with Gasteiger partial charge in [-0.15, -0.1) is 0 Å². The predicted molar refractivity (Wildman–Crippen MR) is 203 cm³/mol. The molecule has 0 aliphatic carbocycles. The van der Waals surface area contributed by atoms with E-state index in [9.17, 15) is 53.1 Å². The highest BCUT2D eigenvalue weighted by molar-refractivity contribution is 5.99. The number of carboxylic acids is 3. The number of aliphatic imine (C=N–C) groups is 1. The van der Waals surface area contributed by atoms with Gasteiger partial charge in [-0.1, -0.05) is 13.8 Å². The van der Waals surface area contributed by atoms with Crippen LogP contribution in [0.4, 0.5) is 0 Å². The lowest BCUT2D eigenvalue weighted by Gasteiger charge is -2.27. The van der Waals surface area contributed by atoms with E-state index in [4.69, 9.17) is 38.9 Å². The van der Waals surface area contributed by atoms with Crippen molar-refractivity contribution in [2.24, 2.45) is 39.6 Å². The Kier molecular flexibility index (Phi) is 24.6. The first kappa shape index (κ1) is 51.9. The number of hydrogen-bond donors (Lipinski definition) is 14. The van der Waals surface area contributed by atoms with Crippen LogP contribution in [0.5, 0.6) is 0 Å². The summed E-state index contributed by atoms with van der Waals surface area (Å²) in [4.78, 5) is 129. The first-order chi connectivity index (χ1) is 27.1. The average Bonchev–Trinajstić information content (AvgIpc) is 3.11. The summed E-state index contributed by atoms with van der Waals surface area (Å²) in [7, 11) is 0. The molecule has 58 heavy (non-hydrogen) atoms. The number of guanidine groups is 1. The van der Waals surface area contributed by atoms with E-state index in [2.05, 4.69) is 36.9 Å². The molecule has 0 bridgehead atoms. The fourth-order valence-electron chi connectivity index (χ4n) is 5.10. The molecule has 328 valence electrons. The first-order valence-electron chi connectivity index (χ1n) is 18.3. The topological polar surface area (TPSA) is 446 Å². The summed E-state index contributed by atoms with van der Waals surface area (Å²) in [5, 5.41) is 41.2. The summed E-state index contributed by atoms with van der Waals surface area (Å²) in [5.74, 6) is -11.9. The van der Waals surface area contributed by atoms with Crippen molar-refractivity contribution in [3.05, 3.63) is 0 Å². The van der Waals surface area contributed by atoms with E-state index < -0.39 is 121 Å². The fourth-order valence-corrected chi connectivity index (χ4v) is 5.10. The van der Waals surface area contributed by atoms with Gasteiger partial charge in [-0.3, -0.25) is 52.9 Å². The summed E-state index contributed by atoms with van der Waals surface area (Å²) in [6.07, 6.45) is -1.95. The van der Waals surface area contributed by atoms with Crippen LogP contribution in [0.25, 0.3) is 0 Å². The highest BCUT2D eigenvalue weighted by Crippen LogP contribution is 2.10. The second-order valence-electron chi connectivity index (χ2n) is 13.6. The number of carboxylic acid groups (broad SMARTS) is 3. The molecule has 0 rings (SSSR count). The summed E-state index contributed by atoms with van der Waals surface area (Å²) < 4.78 is 0. The van der Waals surface area contributed by atoms with Gasteiger partial charge >= 0.3 is 17.9 Å². The lowest BCUT2D eigenvalue weighted by atomic mass is 10.0. The molecule has 0 radical (unpaired) electrons. The third kappa shape index (κ3) is 23.1. The molecule has 19 N–H and O–H groups in total. The molecule has 25 heteroatoms. The summed E-state index contributed by atoms with van der Waals surface area (Å²) in [6.45, 7) is 2.88. The molecule has 0 aliphatic rings. The number of unbranched alkanes of at least 4 members (excludes halogenated alkanes) is 1. The van der Waals surface area contributed by atoms with Crippen molar-refractivity contribution >= 4 is 65.2 Å². The highest BCUT2D eigenvalue weighted by Gasteiger charge is 2.34.